The van der Waals surface area contributed by atoms with E-state index in [0.717, 1.165) is 5.56 Å². The number of sulfone groups is 1. The molecule has 28 heavy (non-hydrogen) atoms. The van der Waals surface area contributed by atoms with E-state index in [1.807, 2.05) is 25.1 Å². The second kappa shape index (κ2) is 8.59. The molecule has 144 valence electrons. The molecule has 1 N–H and O–H groups in total. The van der Waals surface area contributed by atoms with Gasteiger partial charge in [0.05, 0.1) is 16.7 Å². The van der Waals surface area contributed by atoms with Crippen LogP contribution in [0.25, 0.3) is 0 Å². The Balaban J connectivity index is 1.76. The van der Waals surface area contributed by atoms with Gasteiger partial charge in [0.1, 0.15) is 0 Å². The van der Waals surface area contributed by atoms with Gasteiger partial charge >= 0.3 is 0 Å². The van der Waals surface area contributed by atoms with Crippen LogP contribution in [0, 0.1) is 0 Å². The van der Waals surface area contributed by atoms with E-state index in [4.69, 9.17) is 11.6 Å². The average molecular weight is 414 g/mol. The van der Waals surface area contributed by atoms with E-state index < -0.39 is 9.84 Å². The van der Waals surface area contributed by atoms with Crippen molar-refractivity contribution in [3.63, 3.8) is 0 Å². The molecule has 3 aromatic carbocycles. The molecule has 1 unspecified atom stereocenters. The van der Waals surface area contributed by atoms with Crippen LogP contribution in [0.15, 0.2) is 83.8 Å². The SMILES string of the molecule is CC(NC(=O)c1cccc(CS(=O)(=O)c2ccccc2)c1)c1ccccc1Cl. The maximum absolute atomic E-state index is 12.6. The maximum Gasteiger partial charge on any atom is 0.251 e. The minimum atomic E-state index is -3.48. The first kappa shape index (κ1) is 20.1. The van der Waals surface area contributed by atoms with Gasteiger partial charge in [-0.2, -0.15) is 0 Å². The van der Waals surface area contributed by atoms with Crippen LogP contribution in [0.4, 0.5) is 0 Å². The van der Waals surface area contributed by atoms with Crippen molar-refractivity contribution >= 4 is 27.3 Å². The summed E-state index contributed by atoms with van der Waals surface area (Å²) in [6.45, 7) is 1.85. The van der Waals surface area contributed by atoms with E-state index in [1.165, 1.54) is 0 Å². The lowest BCUT2D eigenvalue weighted by Crippen LogP contribution is -2.27. The molecule has 6 heteroatoms. The van der Waals surface area contributed by atoms with Crippen LogP contribution >= 0.6 is 11.6 Å². The molecular weight excluding hydrogens is 394 g/mol. The van der Waals surface area contributed by atoms with Crippen LogP contribution in [0.1, 0.15) is 34.5 Å². The van der Waals surface area contributed by atoms with Gasteiger partial charge in [0.25, 0.3) is 5.91 Å². The highest BCUT2D eigenvalue weighted by molar-refractivity contribution is 7.90. The molecule has 3 rings (SSSR count). The quantitative estimate of drug-likeness (QED) is 0.631. The summed E-state index contributed by atoms with van der Waals surface area (Å²) in [4.78, 5) is 12.9. The Morgan fingerprint density at radius 2 is 1.64 bits per heavy atom. The van der Waals surface area contributed by atoms with E-state index in [0.29, 0.717) is 16.1 Å². The summed E-state index contributed by atoms with van der Waals surface area (Å²) in [6, 6.07) is 22.0. The lowest BCUT2D eigenvalue weighted by Gasteiger charge is -2.16. The molecule has 4 nitrogen and oxygen atoms in total. The highest BCUT2D eigenvalue weighted by Gasteiger charge is 2.17. The van der Waals surface area contributed by atoms with Gasteiger partial charge in [0, 0.05) is 10.6 Å². The van der Waals surface area contributed by atoms with Crippen molar-refractivity contribution in [1.82, 2.24) is 5.32 Å². The summed E-state index contributed by atoms with van der Waals surface area (Å²) in [7, 11) is -3.48. The van der Waals surface area contributed by atoms with E-state index in [1.54, 1.807) is 60.7 Å². The highest BCUT2D eigenvalue weighted by atomic mass is 35.5. The summed E-state index contributed by atoms with van der Waals surface area (Å²) >= 11 is 6.19. The smallest absolute Gasteiger partial charge is 0.251 e. The molecule has 0 saturated heterocycles. The minimum absolute atomic E-state index is 0.168. The van der Waals surface area contributed by atoms with Crippen LogP contribution in [-0.2, 0) is 15.6 Å². The standard InChI is InChI=1S/C22H20ClNO3S/c1-16(20-12-5-6-13-21(20)23)24-22(25)18-9-7-8-17(14-18)15-28(26,27)19-10-3-2-4-11-19/h2-14,16H,15H2,1H3,(H,24,25). The number of rotatable bonds is 6. The summed E-state index contributed by atoms with van der Waals surface area (Å²) in [5.74, 6) is -0.454. The van der Waals surface area contributed by atoms with Crippen molar-refractivity contribution in [3.05, 3.63) is 101 Å². The normalized spacial score (nSPS) is 12.4. The van der Waals surface area contributed by atoms with Gasteiger partial charge < -0.3 is 5.32 Å². The molecule has 0 bridgehead atoms. The van der Waals surface area contributed by atoms with E-state index in [2.05, 4.69) is 5.32 Å². The van der Waals surface area contributed by atoms with Gasteiger partial charge in [0.2, 0.25) is 0 Å². The fourth-order valence-corrected chi connectivity index (χ4v) is 4.57. The zero-order valence-corrected chi connectivity index (χ0v) is 16.9. The van der Waals surface area contributed by atoms with Gasteiger partial charge in [-0.1, -0.05) is 60.1 Å². The number of hydrogen-bond acceptors (Lipinski definition) is 3. The molecule has 0 spiro atoms. The Bertz CT molecular complexity index is 1080. The second-order valence-electron chi connectivity index (χ2n) is 6.49. The van der Waals surface area contributed by atoms with Gasteiger partial charge in [0.15, 0.2) is 9.84 Å². The summed E-state index contributed by atoms with van der Waals surface area (Å²) in [6.07, 6.45) is 0. The third-order valence-electron chi connectivity index (χ3n) is 4.37. The lowest BCUT2D eigenvalue weighted by atomic mass is 10.1. The number of nitrogens with one attached hydrogen (secondary N) is 1. The molecule has 1 atom stereocenters. The predicted molar refractivity (Wildman–Crippen MR) is 111 cm³/mol. The number of carbonyl (C=O) groups excluding carboxylic acids is 1. The summed E-state index contributed by atoms with van der Waals surface area (Å²) in [5.41, 5.74) is 1.78. The minimum Gasteiger partial charge on any atom is -0.345 e. The number of hydrogen-bond donors (Lipinski definition) is 1. The molecule has 0 aliphatic heterocycles. The number of carbonyl (C=O) groups is 1. The van der Waals surface area contributed by atoms with Crippen LogP contribution in [0.3, 0.4) is 0 Å². The molecule has 0 radical (unpaired) electrons. The van der Waals surface area contributed by atoms with Crippen molar-refractivity contribution in [2.45, 2.75) is 23.6 Å². The highest BCUT2D eigenvalue weighted by Crippen LogP contribution is 2.23. The third kappa shape index (κ3) is 4.80. The monoisotopic (exact) mass is 413 g/mol. The molecule has 1 amide bonds. The van der Waals surface area contributed by atoms with Crippen molar-refractivity contribution in [1.29, 1.82) is 0 Å². The fourth-order valence-electron chi connectivity index (χ4n) is 2.92. The maximum atomic E-state index is 12.6. The Morgan fingerprint density at radius 3 is 2.36 bits per heavy atom. The Kier molecular flexibility index (Phi) is 6.17. The molecule has 3 aromatic rings. The first-order valence-electron chi connectivity index (χ1n) is 8.79. The van der Waals surface area contributed by atoms with Crippen LogP contribution < -0.4 is 5.32 Å². The van der Waals surface area contributed by atoms with Crippen molar-refractivity contribution in [3.8, 4) is 0 Å². The van der Waals surface area contributed by atoms with Crippen molar-refractivity contribution in [2.75, 3.05) is 0 Å². The number of benzene rings is 3. The number of halogens is 1. The first-order chi connectivity index (χ1) is 13.4. The topological polar surface area (TPSA) is 63.2 Å². The van der Waals surface area contributed by atoms with Gasteiger partial charge in [-0.05, 0) is 48.4 Å². The van der Waals surface area contributed by atoms with Gasteiger partial charge in [-0.3, -0.25) is 4.79 Å². The van der Waals surface area contributed by atoms with E-state index in [9.17, 15) is 13.2 Å². The molecule has 0 aromatic heterocycles. The van der Waals surface area contributed by atoms with Gasteiger partial charge in [-0.25, -0.2) is 8.42 Å². The van der Waals surface area contributed by atoms with Crippen LogP contribution in [0.2, 0.25) is 5.02 Å². The Morgan fingerprint density at radius 1 is 0.964 bits per heavy atom. The second-order valence-corrected chi connectivity index (χ2v) is 8.89. The van der Waals surface area contributed by atoms with Crippen LogP contribution in [0.5, 0.6) is 0 Å². The fraction of sp³-hybridized carbons (Fsp3) is 0.136. The Hall–Kier alpha value is -2.63. The van der Waals surface area contributed by atoms with Crippen LogP contribution in [-0.4, -0.2) is 14.3 Å². The molecule has 0 fully saturated rings. The Labute approximate surface area is 170 Å². The van der Waals surface area contributed by atoms with Crippen molar-refractivity contribution in [2.24, 2.45) is 0 Å². The molecule has 0 aliphatic rings. The van der Waals surface area contributed by atoms with E-state index in [-0.39, 0.29) is 22.6 Å². The summed E-state index contributed by atoms with van der Waals surface area (Å²) in [5, 5.41) is 3.48. The van der Waals surface area contributed by atoms with Crippen molar-refractivity contribution < 1.29 is 13.2 Å². The van der Waals surface area contributed by atoms with Gasteiger partial charge in [-0.15, -0.1) is 0 Å². The average Bonchev–Trinajstić information content (AvgIpc) is 2.69. The summed E-state index contributed by atoms with van der Waals surface area (Å²) < 4.78 is 25.1. The molecule has 0 aliphatic carbocycles. The lowest BCUT2D eigenvalue weighted by molar-refractivity contribution is 0.0940. The third-order valence-corrected chi connectivity index (χ3v) is 6.42. The molecular formula is C22H20ClNO3S. The first-order valence-corrected chi connectivity index (χ1v) is 10.8. The van der Waals surface area contributed by atoms with E-state index >= 15 is 0 Å². The zero-order valence-electron chi connectivity index (χ0n) is 15.3. The predicted octanol–water partition coefficient (Wildman–Crippen LogP) is 4.80. The number of amides is 1. The molecule has 0 heterocycles. The largest absolute Gasteiger partial charge is 0.345 e. The molecule has 0 saturated carbocycles. The zero-order chi connectivity index (χ0) is 20.1.